The Hall–Kier alpha value is -1.00. The highest BCUT2D eigenvalue weighted by Gasteiger charge is 2.03. The number of amides is 1. The van der Waals surface area contributed by atoms with E-state index in [0.717, 1.165) is 6.40 Å². The molecule has 0 saturated heterocycles. The van der Waals surface area contributed by atoms with Crippen molar-refractivity contribution in [3.05, 3.63) is 24.1 Å². The van der Waals surface area contributed by atoms with Crippen molar-refractivity contribution >= 4 is 37.1 Å². The molecule has 2 N–H and O–H groups in total. The van der Waals surface area contributed by atoms with Crippen LogP contribution < -0.4 is 5.73 Å². The molecule has 6 heteroatoms. The van der Waals surface area contributed by atoms with Gasteiger partial charge in [-0.2, -0.15) is 0 Å². The number of hydrogen-bond donors (Lipinski definition) is 1. The normalized spacial score (nSPS) is 12.8. The van der Waals surface area contributed by atoms with Gasteiger partial charge >= 0.3 is 0 Å². The average molecular weight is 211 g/mol. The van der Waals surface area contributed by atoms with Crippen molar-refractivity contribution in [2.45, 2.75) is 0 Å². The van der Waals surface area contributed by atoms with Gasteiger partial charge < -0.3 is 10.5 Å². The summed E-state index contributed by atoms with van der Waals surface area (Å²) in [6.45, 7) is 0. The molecule has 0 spiro atoms. The Labute approximate surface area is 82.0 Å². The molecule has 1 amide bonds. The van der Waals surface area contributed by atoms with E-state index < -0.39 is 5.91 Å². The number of primary amides is 1. The molecular formula is C6H8Cl2N2O2. The Balaban J connectivity index is 0. The predicted molar refractivity (Wildman–Crippen MR) is 50.5 cm³/mol. The zero-order valence-electron chi connectivity index (χ0n) is 5.97. The van der Waals surface area contributed by atoms with E-state index in [4.69, 9.17) is 10.5 Å². The van der Waals surface area contributed by atoms with E-state index >= 15 is 0 Å². The molecule has 0 unspecified atom stereocenters. The van der Waals surface area contributed by atoms with Crippen molar-refractivity contribution in [3.63, 3.8) is 0 Å². The summed E-state index contributed by atoms with van der Waals surface area (Å²) in [5, 5.41) is 0. The molecule has 0 saturated carbocycles. The van der Waals surface area contributed by atoms with E-state index in [0.29, 0.717) is 0 Å². The maximum Gasteiger partial charge on any atom is 0.284 e. The third-order valence-corrected chi connectivity index (χ3v) is 0.903. The lowest BCUT2D eigenvalue weighted by Gasteiger charge is -1.95. The monoisotopic (exact) mass is 210 g/mol. The summed E-state index contributed by atoms with van der Waals surface area (Å²) in [4.78, 5) is 14.1. The fraction of sp³-hybridized carbons (Fsp3) is 0. The van der Waals surface area contributed by atoms with E-state index in [2.05, 4.69) is 4.99 Å². The lowest BCUT2D eigenvalue weighted by molar-refractivity contribution is -0.116. The molecule has 1 rings (SSSR count). The molecule has 12 heavy (non-hydrogen) atoms. The Bertz CT molecular complexity index is 236. The van der Waals surface area contributed by atoms with Crippen molar-refractivity contribution in [2.24, 2.45) is 10.7 Å². The molecule has 0 aliphatic carbocycles. The topological polar surface area (TPSA) is 64.7 Å². The maximum absolute atomic E-state index is 10.4. The number of rotatable bonds is 1. The fourth-order valence-electron chi connectivity index (χ4n) is 0.482. The second kappa shape index (κ2) is 6.69. The number of nitrogens with two attached hydrogens (primary N) is 1. The minimum atomic E-state index is -0.599. The van der Waals surface area contributed by atoms with Crippen LogP contribution in [0, 0.1) is 0 Å². The number of ether oxygens (including phenoxy) is 1. The van der Waals surface area contributed by atoms with Crippen LogP contribution in [0.5, 0.6) is 0 Å². The summed E-state index contributed by atoms with van der Waals surface area (Å²) in [7, 11) is 0. The zero-order valence-corrected chi connectivity index (χ0v) is 7.60. The molecule has 0 aromatic heterocycles. The second-order valence-corrected chi connectivity index (χ2v) is 1.61. The van der Waals surface area contributed by atoms with Gasteiger partial charge in [0.15, 0.2) is 12.2 Å². The number of allylic oxidation sites excluding steroid dienone is 2. The molecule has 0 aromatic carbocycles. The van der Waals surface area contributed by atoms with Crippen LogP contribution in [0.1, 0.15) is 0 Å². The summed E-state index contributed by atoms with van der Waals surface area (Å²) in [5.41, 5.74) is 4.91. The van der Waals surface area contributed by atoms with Crippen LogP contribution in [0.4, 0.5) is 0 Å². The summed E-state index contributed by atoms with van der Waals surface area (Å²) in [5.74, 6) is -0.504. The van der Waals surface area contributed by atoms with Gasteiger partial charge in [0.1, 0.15) is 0 Å². The lowest BCUT2D eigenvalue weighted by atomic mass is 10.4. The average Bonchev–Trinajstić information content (AvgIpc) is 2.12. The number of halogens is 2. The summed E-state index contributed by atoms with van der Waals surface area (Å²) < 4.78 is 4.70. The molecular weight excluding hydrogens is 203 g/mol. The van der Waals surface area contributed by atoms with Crippen LogP contribution in [0.15, 0.2) is 29.1 Å². The van der Waals surface area contributed by atoms with E-state index in [1.54, 1.807) is 6.08 Å². The second-order valence-electron chi connectivity index (χ2n) is 1.61. The van der Waals surface area contributed by atoms with Crippen LogP contribution in [-0.4, -0.2) is 12.3 Å². The molecule has 0 atom stereocenters. The Morgan fingerprint density at radius 2 is 2.17 bits per heavy atom. The number of hydrogen-bond acceptors (Lipinski definition) is 3. The summed E-state index contributed by atoms with van der Waals surface area (Å²) in [6.07, 6.45) is 5.68. The molecule has 1 heterocycles. The van der Waals surface area contributed by atoms with Gasteiger partial charge in [-0.15, -0.1) is 24.8 Å². The van der Waals surface area contributed by atoms with Gasteiger partial charge in [0, 0.05) is 6.20 Å². The van der Waals surface area contributed by atoms with Crippen molar-refractivity contribution in [3.8, 4) is 0 Å². The van der Waals surface area contributed by atoms with Gasteiger partial charge in [0.05, 0.1) is 0 Å². The van der Waals surface area contributed by atoms with E-state index in [-0.39, 0.29) is 30.6 Å². The molecule has 1 aliphatic heterocycles. The van der Waals surface area contributed by atoms with Gasteiger partial charge in [0.2, 0.25) is 0 Å². The standard InChI is InChI=1S/C6H6N2O2.2ClH/c7-6(9)5-2-1-3-8-4-10-5;;/h1-4H,(H2,7,9);2*1H. The van der Waals surface area contributed by atoms with Crippen LogP contribution in [0.2, 0.25) is 0 Å². The Morgan fingerprint density at radius 3 is 2.75 bits per heavy atom. The van der Waals surface area contributed by atoms with E-state index in [1.807, 2.05) is 0 Å². The summed E-state index contributed by atoms with van der Waals surface area (Å²) in [6, 6.07) is 0. The van der Waals surface area contributed by atoms with Crippen molar-refractivity contribution in [1.29, 1.82) is 0 Å². The van der Waals surface area contributed by atoms with Crippen LogP contribution in [0.25, 0.3) is 0 Å². The summed E-state index contributed by atoms with van der Waals surface area (Å²) >= 11 is 0. The van der Waals surface area contributed by atoms with Crippen molar-refractivity contribution in [2.75, 3.05) is 0 Å². The van der Waals surface area contributed by atoms with Gasteiger partial charge in [-0.3, -0.25) is 4.79 Å². The van der Waals surface area contributed by atoms with Crippen LogP contribution in [-0.2, 0) is 9.53 Å². The van der Waals surface area contributed by atoms with Gasteiger partial charge in [-0.1, -0.05) is 0 Å². The Morgan fingerprint density at radius 1 is 1.50 bits per heavy atom. The van der Waals surface area contributed by atoms with Gasteiger partial charge in [-0.25, -0.2) is 4.99 Å². The molecule has 0 fully saturated rings. The van der Waals surface area contributed by atoms with Crippen molar-refractivity contribution in [1.82, 2.24) is 0 Å². The van der Waals surface area contributed by atoms with E-state index in [1.165, 1.54) is 12.3 Å². The first-order chi connectivity index (χ1) is 4.80. The third-order valence-electron chi connectivity index (χ3n) is 0.903. The maximum atomic E-state index is 10.4. The first-order valence-corrected chi connectivity index (χ1v) is 2.65. The lowest BCUT2D eigenvalue weighted by Crippen LogP contribution is -2.15. The number of carbonyl (C=O) groups excluding carboxylic acids is 1. The van der Waals surface area contributed by atoms with Gasteiger partial charge in [-0.05, 0) is 12.2 Å². The Kier molecular flexibility index (Phi) is 7.58. The number of aliphatic imine (C=N–C) groups is 1. The SMILES string of the molecule is Cl.Cl.NC(=O)C1=CC=CN=CO1. The smallest absolute Gasteiger partial charge is 0.284 e. The molecule has 4 nitrogen and oxygen atoms in total. The minimum Gasteiger partial charge on any atom is -0.440 e. The highest BCUT2D eigenvalue weighted by molar-refractivity contribution is 5.91. The highest BCUT2D eigenvalue weighted by atomic mass is 35.5. The zero-order chi connectivity index (χ0) is 7.40. The molecule has 68 valence electrons. The highest BCUT2D eigenvalue weighted by Crippen LogP contribution is 1.97. The quantitative estimate of drug-likeness (QED) is 0.696. The van der Waals surface area contributed by atoms with Crippen LogP contribution >= 0.6 is 24.8 Å². The van der Waals surface area contributed by atoms with Gasteiger partial charge in [0.25, 0.3) is 5.91 Å². The predicted octanol–water partition coefficient (Wildman–Crippen LogP) is 0.771. The number of nitrogens with zero attached hydrogens (tertiary/aromatic N) is 1. The first kappa shape index (κ1) is 13.6. The van der Waals surface area contributed by atoms with E-state index in [9.17, 15) is 4.79 Å². The minimum absolute atomic E-state index is 0. The van der Waals surface area contributed by atoms with Crippen LogP contribution in [0.3, 0.4) is 0 Å². The molecule has 0 aromatic rings. The van der Waals surface area contributed by atoms with Crippen molar-refractivity contribution < 1.29 is 9.53 Å². The number of carbonyl (C=O) groups is 1. The fourth-order valence-corrected chi connectivity index (χ4v) is 0.482. The largest absolute Gasteiger partial charge is 0.440 e. The first-order valence-electron chi connectivity index (χ1n) is 2.65. The molecule has 0 radical (unpaired) electrons. The molecule has 1 aliphatic rings. The molecule has 0 bridgehead atoms. The third kappa shape index (κ3) is 4.00.